The molecule has 0 bridgehead atoms. The first-order valence-electron chi connectivity index (χ1n) is 7.37. The molecule has 0 saturated carbocycles. The molecule has 3 aromatic rings. The van der Waals surface area contributed by atoms with E-state index in [1.54, 1.807) is 0 Å². The van der Waals surface area contributed by atoms with Gasteiger partial charge >= 0.3 is 0 Å². The summed E-state index contributed by atoms with van der Waals surface area (Å²) in [6.07, 6.45) is 0.987. The number of aryl methyl sites for hydroxylation is 1. The smallest absolute Gasteiger partial charge is 0.0482 e. The van der Waals surface area contributed by atoms with Crippen molar-refractivity contribution in [3.05, 3.63) is 65.4 Å². The highest BCUT2D eigenvalue weighted by atomic mass is 15.1. The van der Waals surface area contributed by atoms with Crippen molar-refractivity contribution < 1.29 is 0 Å². The van der Waals surface area contributed by atoms with E-state index in [1.807, 2.05) is 0 Å². The van der Waals surface area contributed by atoms with Crippen molar-refractivity contribution in [1.29, 1.82) is 0 Å². The third-order valence-corrected chi connectivity index (χ3v) is 4.36. The number of para-hydroxylation sites is 1. The molecular weight excluding hydrogens is 256 g/mol. The van der Waals surface area contributed by atoms with E-state index in [9.17, 15) is 0 Å². The van der Waals surface area contributed by atoms with E-state index in [0.717, 1.165) is 6.42 Å². The Labute approximate surface area is 126 Å². The molecule has 0 radical (unpaired) electrons. The Balaban J connectivity index is 2.00. The Morgan fingerprint density at radius 1 is 0.952 bits per heavy atom. The summed E-state index contributed by atoms with van der Waals surface area (Å²) in [7, 11) is 6.30. The van der Waals surface area contributed by atoms with Gasteiger partial charge in [-0.15, -0.1) is 0 Å². The Bertz CT molecular complexity index is 764. The second-order valence-electron chi connectivity index (χ2n) is 5.88. The van der Waals surface area contributed by atoms with Crippen LogP contribution in [0.25, 0.3) is 10.9 Å². The van der Waals surface area contributed by atoms with Crippen molar-refractivity contribution in [3.63, 3.8) is 0 Å². The molecule has 0 saturated heterocycles. The van der Waals surface area contributed by atoms with Crippen molar-refractivity contribution in [2.45, 2.75) is 13.3 Å². The monoisotopic (exact) mass is 278 g/mol. The normalized spacial score (nSPS) is 11.0. The zero-order valence-electron chi connectivity index (χ0n) is 13.2. The van der Waals surface area contributed by atoms with Gasteiger partial charge in [-0.25, -0.2) is 0 Å². The highest BCUT2D eigenvalue weighted by Gasteiger charge is 2.11. The third-order valence-electron chi connectivity index (χ3n) is 4.36. The molecule has 2 aromatic carbocycles. The SMILES string of the molecule is Cc1c(Cc2ccc(N(C)C)cc2)c2ccccc2n1C. The number of anilines is 1. The Hall–Kier alpha value is -2.22. The largest absolute Gasteiger partial charge is 0.378 e. The number of hydrogen-bond donors (Lipinski definition) is 0. The zero-order valence-corrected chi connectivity index (χ0v) is 13.2. The summed E-state index contributed by atoms with van der Waals surface area (Å²) in [5.41, 5.74) is 6.71. The Morgan fingerprint density at radius 2 is 1.62 bits per heavy atom. The maximum Gasteiger partial charge on any atom is 0.0482 e. The molecule has 21 heavy (non-hydrogen) atoms. The van der Waals surface area contributed by atoms with Gasteiger partial charge in [-0.3, -0.25) is 0 Å². The Kier molecular flexibility index (Phi) is 3.46. The zero-order chi connectivity index (χ0) is 15.0. The number of aromatic nitrogens is 1. The molecule has 0 N–H and O–H groups in total. The maximum atomic E-state index is 2.29. The molecule has 2 heteroatoms. The van der Waals surface area contributed by atoms with Gasteiger partial charge < -0.3 is 9.47 Å². The third kappa shape index (κ3) is 2.42. The molecule has 0 atom stereocenters. The summed E-state index contributed by atoms with van der Waals surface area (Å²) < 4.78 is 2.29. The molecule has 1 aromatic heterocycles. The molecule has 0 aliphatic heterocycles. The van der Waals surface area contributed by atoms with Crippen molar-refractivity contribution in [2.75, 3.05) is 19.0 Å². The summed E-state index contributed by atoms with van der Waals surface area (Å²) in [4.78, 5) is 2.13. The van der Waals surface area contributed by atoms with Crippen LogP contribution < -0.4 is 4.90 Å². The van der Waals surface area contributed by atoms with Crippen molar-refractivity contribution >= 4 is 16.6 Å². The number of benzene rings is 2. The highest BCUT2D eigenvalue weighted by Crippen LogP contribution is 2.27. The molecule has 0 aliphatic rings. The van der Waals surface area contributed by atoms with Crippen molar-refractivity contribution in [2.24, 2.45) is 7.05 Å². The van der Waals surface area contributed by atoms with Crippen LogP contribution in [0.5, 0.6) is 0 Å². The molecule has 0 unspecified atom stereocenters. The summed E-state index contributed by atoms with van der Waals surface area (Å²) in [5.74, 6) is 0. The van der Waals surface area contributed by atoms with E-state index in [4.69, 9.17) is 0 Å². The summed E-state index contributed by atoms with van der Waals surface area (Å²) in [6, 6.07) is 17.5. The predicted molar refractivity (Wildman–Crippen MR) is 91.2 cm³/mol. The van der Waals surface area contributed by atoms with E-state index in [0.29, 0.717) is 0 Å². The number of hydrogen-bond acceptors (Lipinski definition) is 1. The van der Waals surface area contributed by atoms with Gasteiger partial charge in [0.1, 0.15) is 0 Å². The minimum atomic E-state index is 0.987. The van der Waals surface area contributed by atoms with Gasteiger partial charge in [0.25, 0.3) is 0 Å². The minimum Gasteiger partial charge on any atom is -0.378 e. The van der Waals surface area contributed by atoms with E-state index in [1.165, 1.54) is 33.4 Å². The van der Waals surface area contributed by atoms with E-state index in [-0.39, 0.29) is 0 Å². The Morgan fingerprint density at radius 3 is 2.29 bits per heavy atom. The topological polar surface area (TPSA) is 8.17 Å². The highest BCUT2D eigenvalue weighted by molar-refractivity contribution is 5.85. The first-order valence-corrected chi connectivity index (χ1v) is 7.37. The second kappa shape index (κ2) is 5.28. The summed E-state index contributed by atoms with van der Waals surface area (Å²) >= 11 is 0. The predicted octanol–water partition coefficient (Wildman–Crippen LogP) is 4.14. The molecular formula is C19H22N2. The van der Waals surface area contributed by atoms with Gasteiger partial charge in [-0.05, 0) is 42.7 Å². The van der Waals surface area contributed by atoms with E-state index in [2.05, 4.69) is 86.1 Å². The lowest BCUT2D eigenvalue weighted by molar-refractivity contribution is 0.903. The van der Waals surface area contributed by atoms with Gasteiger partial charge in [0, 0.05) is 43.4 Å². The molecule has 108 valence electrons. The van der Waals surface area contributed by atoms with Crippen LogP contribution in [0.3, 0.4) is 0 Å². The van der Waals surface area contributed by atoms with Crippen LogP contribution in [0.2, 0.25) is 0 Å². The lowest BCUT2D eigenvalue weighted by Crippen LogP contribution is -2.08. The van der Waals surface area contributed by atoms with Crippen LogP contribution in [0.1, 0.15) is 16.8 Å². The lowest BCUT2D eigenvalue weighted by Gasteiger charge is -2.12. The minimum absolute atomic E-state index is 0.987. The average Bonchev–Trinajstić information content (AvgIpc) is 2.73. The number of fused-ring (bicyclic) bond motifs is 1. The summed E-state index contributed by atoms with van der Waals surface area (Å²) in [5, 5.41) is 1.37. The lowest BCUT2D eigenvalue weighted by atomic mass is 10.0. The molecule has 0 aliphatic carbocycles. The van der Waals surface area contributed by atoms with Gasteiger partial charge in [-0.2, -0.15) is 0 Å². The average molecular weight is 278 g/mol. The standard InChI is InChI=1S/C19H22N2/c1-14-18(17-7-5-6-8-19(17)21(14)4)13-15-9-11-16(12-10-15)20(2)3/h5-12H,13H2,1-4H3. The molecule has 1 heterocycles. The molecule has 2 nitrogen and oxygen atoms in total. The van der Waals surface area contributed by atoms with Crippen LogP contribution in [0, 0.1) is 6.92 Å². The van der Waals surface area contributed by atoms with Crippen LogP contribution in [0.4, 0.5) is 5.69 Å². The van der Waals surface area contributed by atoms with Crippen molar-refractivity contribution in [1.82, 2.24) is 4.57 Å². The van der Waals surface area contributed by atoms with Gasteiger partial charge in [0.2, 0.25) is 0 Å². The fraction of sp³-hybridized carbons (Fsp3) is 0.263. The fourth-order valence-corrected chi connectivity index (χ4v) is 2.94. The molecule has 0 amide bonds. The van der Waals surface area contributed by atoms with Crippen LogP contribution in [-0.2, 0) is 13.5 Å². The number of nitrogens with zero attached hydrogens (tertiary/aromatic N) is 2. The van der Waals surface area contributed by atoms with Crippen LogP contribution >= 0.6 is 0 Å². The van der Waals surface area contributed by atoms with E-state index < -0.39 is 0 Å². The van der Waals surface area contributed by atoms with Crippen LogP contribution in [0.15, 0.2) is 48.5 Å². The maximum absolute atomic E-state index is 2.29. The second-order valence-corrected chi connectivity index (χ2v) is 5.88. The summed E-state index contributed by atoms with van der Waals surface area (Å²) in [6.45, 7) is 2.21. The molecule has 0 fully saturated rings. The van der Waals surface area contributed by atoms with Crippen LogP contribution in [-0.4, -0.2) is 18.7 Å². The van der Waals surface area contributed by atoms with Gasteiger partial charge in [-0.1, -0.05) is 30.3 Å². The first-order chi connectivity index (χ1) is 10.1. The quantitative estimate of drug-likeness (QED) is 0.699. The van der Waals surface area contributed by atoms with Gasteiger partial charge in [0.15, 0.2) is 0 Å². The molecule has 3 rings (SSSR count). The van der Waals surface area contributed by atoms with Crippen molar-refractivity contribution in [3.8, 4) is 0 Å². The molecule has 0 spiro atoms. The van der Waals surface area contributed by atoms with Gasteiger partial charge in [0.05, 0.1) is 0 Å². The fourth-order valence-electron chi connectivity index (χ4n) is 2.94. The van der Waals surface area contributed by atoms with E-state index >= 15 is 0 Å². The number of rotatable bonds is 3. The first kappa shape index (κ1) is 13.7.